The van der Waals surface area contributed by atoms with Gasteiger partial charge in [0, 0.05) is 24.5 Å². The van der Waals surface area contributed by atoms with Crippen LogP contribution >= 0.6 is 0 Å². The molecule has 1 fully saturated rings. The minimum absolute atomic E-state index is 0.0973. The maximum absolute atomic E-state index is 6.27. The fraction of sp³-hybridized carbons (Fsp3) is 0.727. The molecule has 1 aromatic rings. The van der Waals surface area contributed by atoms with Gasteiger partial charge in [0.25, 0.3) is 0 Å². The van der Waals surface area contributed by atoms with Gasteiger partial charge in [0.2, 0.25) is 0 Å². The lowest BCUT2D eigenvalue weighted by molar-refractivity contribution is 0.424. The van der Waals surface area contributed by atoms with Crippen LogP contribution in [0, 0.1) is 11.8 Å². The molecular formula is C11H19N3. The van der Waals surface area contributed by atoms with Gasteiger partial charge in [-0.3, -0.25) is 4.68 Å². The van der Waals surface area contributed by atoms with Gasteiger partial charge in [-0.1, -0.05) is 13.8 Å². The van der Waals surface area contributed by atoms with Crippen LogP contribution in [0.2, 0.25) is 0 Å². The van der Waals surface area contributed by atoms with Crippen LogP contribution in [0.4, 0.5) is 0 Å². The number of hydrogen-bond donors (Lipinski definition) is 1. The first-order chi connectivity index (χ1) is 6.62. The molecule has 78 valence electrons. The maximum atomic E-state index is 6.27. The Bertz CT molecular complexity index is 291. The van der Waals surface area contributed by atoms with E-state index in [2.05, 4.69) is 18.9 Å². The van der Waals surface area contributed by atoms with Crippen molar-refractivity contribution in [3.05, 3.63) is 18.5 Å². The second kappa shape index (κ2) is 3.39. The molecule has 1 saturated carbocycles. The Balaban J connectivity index is 1.83. The first-order valence-corrected chi connectivity index (χ1v) is 5.38. The Labute approximate surface area is 85.3 Å². The second-order valence-electron chi connectivity index (χ2n) is 4.81. The minimum Gasteiger partial charge on any atom is -0.325 e. The van der Waals surface area contributed by atoms with Crippen LogP contribution in [0.25, 0.3) is 0 Å². The molecule has 0 aromatic carbocycles. The number of aryl methyl sites for hydroxylation is 1. The summed E-state index contributed by atoms with van der Waals surface area (Å²) in [5.74, 6) is 1.44. The molecule has 2 N–H and O–H groups in total. The van der Waals surface area contributed by atoms with Crippen LogP contribution in [-0.4, -0.2) is 15.3 Å². The van der Waals surface area contributed by atoms with Crippen molar-refractivity contribution in [1.82, 2.24) is 9.78 Å². The smallest absolute Gasteiger partial charge is 0.0489 e. The second-order valence-corrected chi connectivity index (χ2v) is 4.81. The van der Waals surface area contributed by atoms with E-state index in [0.717, 1.165) is 24.8 Å². The zero-order valence-electron chi connectivity index (χ0n) is 8.98. The lowest BCUT2D eigenvalue weighted by Crippen LogP contribution is -2.28. The molecule has 1 aliphatic carbocycles. The summed E-state index contributed by atoms with van der Waals surface area (Å²) in [4.78, 5) is 0. The summed E-state index contributed by atoms with van der Waals surface area (Å²) in [6.07, 6.45) is 6.05. The maximum Gasteiger partial charge on any atom is 0.0489 e. The molecule has 0 bridgehead atoms. The summed E-state index contributed by atoms with van der Waals surface area (Å²) >= 11 is 0. The molecule has 0 amide bonds. The van der Waals surface area contributed by atoms with E-state index >= 15 is 0 Å². The lowest BCUT2D eigenvalue weighted by atomic mass is 10.0. The summed E-state index contributed by atoms with van der Waals surface area (Å²) in [5, 5.41) is 4.18. The van der Waals surface area contributed by atoms with Gasteiger partial charge in [-0.2, -0.15) is 5.10 Å². The van der Waals surface area contributed by atoms with Crippen molar-refractivity contribution in [2.24, 2.45) is 17.6 Å². The highest BCUT2D eigenvalue weighted by molar-refractivity contribution is 5.08. The third-order valence-corrected chi connectivity index (χ3v) is 3.35. The molecule has 3 nitrogen and oxygen atoms in total. The predicted octanol–water partition coefficient (Wildman–Crippen LogP) is 1.65. The fourth-order valence-corrected chi connectivity index (χ4v) is 2.29. The molecule has 1 heterocycles. The van der Waals surface area contributed by atoms with Crippen LogP contribution in [0.1, 0.15) is 26.7 Å². The van der Waals surface area contributed by atoms with Gasteiger partial charge in [0.1, 0.15) is 0 Å². The molecule has 2 unspecified atom stereocenters. The standard InChI is InChI=1S/C11H19N3/c1-9(2)10-8-11(10,12)4-7-14-6-3-5-13-14/h3,5-6,9-10H,4,7-8,12H2,1-2H3. The number of nitrogens with zero attached hydrogens (tertiary/aromatic N) is 2. The van der Waals surface area contributed by atoms with E-state index in [0.29, 0.717) is 0 Å². The SMILES string of the molecule is CC(C)C1CC1(N)CCn1cccn1. The predicted molar refractivity (Wildman–Crippen MR) is 56.7 cm³/mol. The summed E-state index contributed by atoms with van der Waals surface area (Å²) in [5.41, 5.74) is 6.36. The molecule has 1 aliphatic rings. The lowest BCUT2D eigenvalue weighted by Gasteiger charge is -2.13. The molecule has 0 aliphatic heterocycles. The van der Waals surface area contributed by atoms with E-state index in [9.17, 15) is 0 Å². The Morgan fingerprint density at radius 3 is 2.93 bits per heavy atom. The van der Waals surface area contributed by atoms with E-state index in [-0.39, 0.29) is 5.54 Å². The number of rotatable bonds is 4. The Morgan fingerprint density at radius 2 is 2.43 bits per heavy atom. The summed E-state index contributed by atoms with van der Waals surface area (Å²) in [7, 11) is 0. The van der Waals surface area contributed by atoms with E-state index in [1.54, 1.807) is 0 Å². The Morgan fingerprint density at radius 1 is 1.64 bits per heavy atom. The van der Waals surface area contributed by atoms with Gasteiger partial charge in [0.05, 0.1) is 0 Å². The van der Waals surface area contributed by atoms with E-state index in [1.165, 1.54) is 6.42 Å². The number of aromatic nitrogens is 2. The zero-order chi connectivity index (χ0) is 10.2. The van der Waals surface area contributed by atoms with Gasteiger partial charge in [0.15, 0.2) is 0 Å². The highest BCUT2D eigenvalue weighted by Gasteiger charge is 2.51. The van der Waals surface area contributed by atoms with E-state index in [4.69, 9.17) is 5.73 Å². The van der Waals surface area contributed by atoms with E-state index in [1.807, 2.05) is 23.1 Å². The molecule has 0 radical (unpaired) electrons. The topological polar surface area (TPSA) is 43.8 Å². The summed E-state index contributed by atoms with van der Waals surface area (Å²) < 4.78 is 1.96. The van der Waals surface area contributed by atoms with Crippen molar-refractivity contribution < 1.29 is 0 Å². The van der Waals surface area contributed by atoms with Gasteiger partial charge in [-0.05, 0) is 30.7 Å². The number of nitrogens with two attached hydrogens (primary N) is 1. The van der Waals surface area contributed by atoms with Crippen molar-refractivity contribution in [2.45, 2.75) is 38.8 Å². The molecule has 0 spiro atoms. The van der Waals surface area contributed by atoms with Crippen molar-refractivity contribution in [3.63, 3.8) is 0 Å². The summed E-state index contributed by atoms with van der Waals surface area (Å²) in [6, 6.07) is 1.95. The Kier molecular flexibility index (Phi) is 2.35. The molecule has 3 heteroatoms. The van der Waals surface area contributed by atoms with Gasteiger partial charge < -0.3 is 5.73 Å². The normalized spacial score (nSPS) is 31.0. The van der Waals surface area contributed by atoms with Gasteiger partial charge in [-0.15, -0.1) is 0 Å². The Hall–Kier alpha value is -0.830. The monoisotopic (exact) mass is 193 g/mol. The molecule has 14 heavy (non-hydrogen) atoms. The average molecular weight is 193 g/mol. The number of hydrogen-bond acceptors (Lipinski definition) is 2. The highest BCUT2D eigenvalue weighted by atomic mass is 15.3. The third-order valence-electron chi connectivity index (χ3n) is 3.35. The van der Waals surface area contributed by atoms with Crippen LogP contribution < -0.4 is 5.73 Å². The largest absolute Gasteiger partial charge is 0.325 e. The van der Waals surface area contributed by atoms with Crippen molar-refractivity contribution in [1.29, 1.82) is 0 Å². The van der Waals surface area contributed by atoms with Crippen LogP contribution in [0.3, 0.4) is 0 Å². The van der Waals surface area contributed by atoms with Gasteiger partial charge >= 0.3 is 0 Å². The highest BCUT2D eigenvalue weighted by Crippen LogP contribution is 2.48. The molecule has 1 aromatic heterocycles. The third kappa shape index (κ3) is 1.82. The molecule has 0 saturated heterocycles. The van der Waals surface area contributed by atoms with Crippen LogP contribution in [-0.2, 0) is 6.54 Å². The quantitative estimate of drug-likeness (QED) is 0.790. The molecular weight excluding hydrogens is 174 g/mol. The van der Waals surface area contributed by atoms with Crippen molar-refractivity contribution in [3.8, 4) is 0 Å². The van der Waals surface area contributed by atoms with Crippen LogP contribution in [0.15, 0.2) is 18.5 Å². The first kappa shape index (κ1) is 9.71. The van der Waals surface area contributed by atoms with Crippen molar-refractivity contribution in [2.75, 3.05) is 0 Å². The van der Waals surface area contributed by atoms with Gasteiger partial charge in [-0.25, -0.2) is 0 Å². The van der Waals surface area contributed by atoms with E-state index < -0.39 is 0 Å². The minimum atomic E-state index is 0.0973. The molecule has 2 atom stereocenters. The summed E-state index contributed by atoms with van der Waals surface area (Å²) in [6.45, 7) is 5.47. The van der Waals surface area contributed by atoms with Crippen molar-refractivity contribution >= 4 is 0 Å². The molecule has 2 rings (SSSR count). The van der Waals surface area contributed by atoms with Crippen LogP contribution in [0.5, 0.6) is 0 Å². The first-order valence-electron chi connectivity index (χ1n) is 5.38. The average Bonchev–Trinajstić information content (AvgIpc) is 2.63. The zero-order valence-corrected chi connectivity index (χ0v) is 8.98. The fourth-order valence-electron chi connectivity index (χ4n) is 2.29.